The molecule has 1 saturated heterocycles. The monoisotopic (exact) mass is 297 g/mol. The van der Waals surface area contributed by atoms with Crippen molar-refractivity contribution in [2.24, 2.45) is 5.92 Å². The summed E-state index contributed by atoms with van der Waals surface area (Å²) in [5, 5.41) is 12.0. The van der Waals surface area contributed by atoms with Crippen LogP contribution in [0.1, 0.15) is 33.6 Å². The number of aliphatic hydroxyl groups excluding tert-OH is 1. The van der Waals surface area contributed by atoms with Crippen molar-refractivity contribution in [1.82, 2.24) is 15.1 Å². The normalized spacial score (nSPS) is 20.1. The molecule has 1 fully saturated rings. The van der Waals surface area contributed by atoms with Crippen LogP contribution in [0, 0.1) is 5.92 Å². The summed E-state index contributed by atoms with van der Waals surface area (Å²) < 4.78 is 0. The van der Waals surface area contributed by atoms with Gasteiger partial charge in [0.2, 0.25) is 0 Å². The average molecular weight is 297 g/mol. The number of piperidine rings is 1. The lowest BCUT2D eigenvalue weighted by Gasteiger charge is -2.43. The van der Waals surface area contributed by atoms with Gasteiger partial charge in [0.25, 0.3) is 0 Å². The van der Waals surface area contributed by atoms with Crippen molar-refractivity contribution < 1.29 is 9.90 Å². The van der Waals surface area contributed by atoms with Gasteiger partial charge in [0.1, 0.15) is 0 Å². The molecule has 0 spiro atoms. The van der Waals surface area contributed by atoms with Crippen molar-refractivity contribution >= 4 is 6.03 Å². The molecule has 0 aromatic rings. The molecule has 0 saturated carbocycles. The van der Waals surface area contributed by atoms with E-state index in [1.54, 1.807) is 11.0 Å². The molecule has 1 aliphatic heterocycles. The third kappa shape index (κ3) is 5.67. The maximum absolute atomic E-state index is 12.2. The average Bonchev–Trinajstić information content (AvgIpc) is 2.44. The van der Waals surface area contributed by atoms with E-state index in [-0.39, 0.29) is 18.2 Å². The summed E-state index contributed by atoms with van der Waals surface area (Å²) in [6.45, 7) is 13.8. The van der Waals surface area contributed by atoms with Crippen molar-refractivity contribution in [1.29, 1.82) is 0 Å². The standard InChI is InChI=1S/C16H31N3O2/c1-5-8-18(10-11-20)15(21)17-13-16(3,4)19-9-6-7-14(2)12-19/h5,14,20H,1,6-13H2,2-4H3,(H,17,21). The van der Waals surface area contributed by atoms with Crippen LogP contribution in [0.2, 0.25) is 0 Å². The Balaban J connectivity index is 2.50. The summed E-state index contributed by atoms with van der Waals surface area (Å²) in [6.07, 6.45) is 4.20. The van der Waals surface area contributed by atoms with Crippen LogP contribution in [0.25, 0.3) is 0 Å². The van der Waals surface area contributed by atoms with Gasteiger partial charge in [-0.2, -0.15) is 0 Å². The molecule has 0 bridgehead atoms. The highest BCUT2D eigenvalue weighted by Gasteiger charge is 2.30. The highest BCUT2D eigenvalue weighted by molar-refractivity contribution is 5.74. The van der Waals surface area contributed by atoms with Gasteiger partial charge in [-0.15, -0.1) is 6.58 Å². The maximum Gasteiger partial charge on any atom is 0.317 e. The summed E-state index contributed by atoms with van der Waals surface area (Å²) in [4.78, 5) is 16.2. The highest BCUT2D eigenvalue weighted by Crippen LogP contribution is 2.23. The van der Waals surface area contributed by atoms with Gasteiger partial charge in [0.05, 0.1) is 6.61 Å². The molecule has 0 aliphatic carbocycles. The zero-order chi connectivity index (χ0) is 15.9. The molecule has 0 radical (unpaired) electrons. The predicted octanol–water partition coefficient (Wildman–Crippen LogP) is 1.69. The van der Waals surface area contributed by atoms with Crippen molar-refractivity contribution in [3.63, 3.8) is 0 Å². The van der Waals surface area contributed by atoms with E-state index in [4.69, 9.17) is 5.11 Å². The van der Waals surface area contributed by atoms with Gasteiger partial charge in [0.15, 0.2) is 0 Å². The van der Waals surface area contributed by atoms with Gasteiger partial charge in [-0.05, 0) is 39.2 Å². The Labute approximate surface area is 129 Å². The smallest absolute Gasteiger partial charge is 0.317 e. The predicted molar refractivity (Wildman–Crippen MR) is 86.3 cm³/mol. The molecular weight excluding hydrogens is 266 g/mol. The molecule has 1 atom stereocenters. The Hall–Kier alpha value is -1.07. The van der Waals surface area contributed by atoms with Crippen LogP contribution < -0.4 is 5.32 Å². The molecule has 1 heterocycles. The topological polar surface area (TPSA) is 55.8 Å². The fourth-order valence-electron chi connectivity index (χ4n) is 2.81. The molecule has 5 heteroatoms. The highest BCUT2D eigenvalue weighted by atomic mass is 16.3. The van der Waals surface area contributed by atoms with E-state index in [1.807, 2.05) is 0 Å². The number of rotatable bonds is 7. The van der Waals surface area contributed by atoms with Crippen molar-refractivity contribution in [2.45, 2.75) is 39.2 Å². The van der Waals surface area contributed by atoms with Crippen LogP contribution in [0.4, 0.5) is 4.79 Å². The number of aliphatic hydroxyl groups is 1. The molecule has 0 aromatic heterocycles. The van der Waals surface area contributed by atoms with Gasteiger partial charge < -0.3 is 15.3 Å². The zero-order valence-electron chi connectivity index (χ0n) is 13.8. The van der Waals surface area contributed by atoms with E-state index in [2.05, 4.69) is 37.6 Å². The molecule has 21 heavy (non-hydrogen) atoms. The van der Waals surface area contributed by atoms with E-state index in [1.165, 1.54) is 12.8 Å². The minimum atomic E-state index is -0.137. The number of urea groups is 1. The van der Waals surface area contributed by atoms with Gasteiger partial charge in [-0.25, -0.2) is 4.79 Å². The summed E-state index contributed by atoms with van der Waals surface area (Å²) in [6, 6.07) is -0.137. The van der Waals surface area contributed by atoms with Gasteiger partial charge in [0, 0.05) is 31.7 Å². The lowest BCUT2D eigenvalue weighted by Crippen LogP contribution is -2.56. The van der Waals surface area contributed by atoms with Crippen LogP contribution in [0.15, 0.2) is 12.7 Å². The second kappa shape index (κ2) is 8.39. The minimum absolute atomic E-state index is 0.0334. The van der Waals surface area contributed by atoms with E-state index in [0.29, 0.717) is 19.6 Å². The SMILES string of the molecule is C=CCN(CCO)C(=O)NCC(C)(C)N1CCCC(C)C1. The van der Waals surface area contributed by atoms with Gasteiger partial charge in [-0.3, -0.25) is 4.90 Å². The summed E-state index contributed by atoms with van der Waals surface area (Å²) in [5.74, 6) is 0.723. The van der Waals surface area contributed by atoms with Crippen LogP contribution in [-0.2, 0) is 0 Å². The number of hydrogen-bond acceptors (Lipinski definition) is 3. The summed E-state index contributed by atoms with van der Waals surface area (Å²) in [5.41, 5.74) is -0.0522. The molecular formula is C16H31N3O2. The first-order valence-electron chi connectivity index (χ1n) is 7.90. The molecule has 0 aromatic carbocycles. The molecule has 1 unspecified atom stereocenters. The molecule has 1 aliphatic rings. The summed E-state index contributed by atoms with van der Waals surface area (Å²) in [7, 11) is 0. The Kier molecular flexibility index (Phi) is 7.18. The minimum Gasteiger partial charge on any atom is -0.395 e. The second-order valence-electron chi connectivity index (χ2n) is 6.62. The van der Waals surface area contributed by atoms with Crippen LogP contribution in [-0.4, -0.2) is 65.8 Å². The number of amides is 2. The van der Waals surface area contributed by atoms with Crippen molar-refractivity contribution in [2.75, 3.05) is 39.3 Å². The Morgan fingerprint density at radius 1 is 1.57 bits per heavy atom. The largest absolute Gasteiger partial charge is 0.395 e. The fourth-order valence-corrected chi connectivity index (χ4v) is 2.81. The third-order valence-corrected chi connectivity index (χ3v) is 4.19. The third-order valence-electron chi connectivity index (χ3n) is 4.19. The number of carbonyl (C=O) groups is 1. The summed E-state index contributed by atoms with van der Waals surface area (Å²) >= 11 is 0. The zero-order valence-corrected chi connectivity index (χ0v) is 13.8. The van der Waals surface area contributed by atoms with Crippen LogP contribution >= 0.6 is 0 Å². The first kappa shape index (κ1) is 18.0. The lowest BCUT2D eigenvalue weighted by atomic mass is 9.93. The second-order valence-corrected chi connectivity index (χ2v) is 6.62. The van der Waals surface area contributed by atoms with E-state index in [9.17, 15) is 4.79 Å². The van der Waals surface area contributed by atoms with Crippen LogP contribution in [0.5, 0.6) is 0 Å². The van der Waals surface area contributed by atoms with E-state index >= 15 is 0 Å². The van der Waals surface area contributed by atoms with Crippen LogP contribution in [0.3, 0.4) is 0 Å². The van der Waals surface area contributed by atoms with Gasteiger partial charge in [-0.1, -0.05) is 13.0 Å². The van der Waals surface area contributed by atoms with E-state index < -0.39 is 0 Å². The Morgan fingerprint density at radius 3 is 2.86 bits per heavy atom. The molecule has 2 N–H and O–H groups in total. The number of likely N-dealkylation sites (tertiary alicyclic amines) is 1. The Morgan fingerprint density at radius 2 is 2.29 bits per heavy atom. The van der Waals surface area contributed by atoms with Crippen molar-refractivity contribution in [3.8, 4) is 0 Å². The first-order chi connectivity index (χ1) is 9.90. The maximum atomic E-state index is 12.2. The number of hydrogen-bond donors (Lipinski definition) is 2. The number of nitrogens with one attached hydrogen (secondary N) is 1. The molecule has 2 amide bonds. The lowest BCUT2D eigenvalue weighted by molar-refractivity contribution is 0.0709. The number of nitrogens with zero attached hydrogens (tertiary/aromatic N) is 2. The quantitative estimate of drug-likeness (QED) is 0.703. The number of carbonyl (C=O) groups excluding carboxylic acids is 1. The first-order valence-corrected chi connectivity index (χ1v) is 7.90. The Bertz CT molecular complexity index is 344. The van der Waals surface area contributed by atoms with E-state index in [0.717, 1.165) is 19.0 Å². The van der Waals surface area contributed by atoms with Gasteiger partial charge >= 0.3 is 6.03 Å². The molecule has 122 valence electrons. The molecule has 5 nitrogen and oxygen atoms in total. The molecule has 1 rings (SSSR count). The fraction of sp³-hybridized carbons (Fsp3) is 0.812. The van der Waals surface area contributed by atoms with Crippen molar-refractivity contribution in [3.05, 3.63) is 12.7 Å².